The van der Waals surface area contributed by atoms with Crippen molar-refractivity contribution in [2.24, 2.45) is 34.5 Å². The zero-order valence-electron chi connectivity index (χ0n) is 15.5. The lowest BCUT2D eigenvalue weighted by atomic mass is 9.45. The Bertz CT molecular complexity index is 555. The number of hydrogen-bond acceptors (Lipinski definition) is 3. The zero-order valence-corrected chi connectivity index (χ0v) is 15.5. The van der Waals surface area contributed by atoms with E-state index < -0.39 is 11.7 Å². The first-order valence-corrected chi connectivity index (χ1v) is 10.0. The molecule has 3 nitrogen and oxygen atoms in total. The second-order valence-corrected chi connectivity index (χ2v) is 9.86. The van der Waals surface area contributed by atoms with Crippen LogP contribution in [0.4, 0.5) is 0 Å². The summed E-state index contributed by atoms with van der Waals surface area (Å²) < 4.78 is 0. The third-order valence-corrected chi connectivity index (χ3v) is 9.20. The van der Waals surface area contributed by atoms with Gasteiger partial charge in [0.25, 0.3) is 0 Å². The van der Waals surface area contributed by atoms with Gasteiger partial charge in [-0.1, -0.05) is 13.8 Å². The molecule has 0 heterocycles. The van der Waals surface area contributed by atoms with Crippen LogP contribution in [0.15, 0.2) is 11.8 Å². The number of aliphatic hydroxyl groups excluding tert-OH is 2. The van der Waals surface area contributed by atoms with Gasteiger partial charge in [0, 0.05) is 11.8 Å². The van der Waals surface area contributed by atoms with Crippen LogP contribution >= 0.6 is 0 Å². The maximum atomic E-state index is 11.3. The van der Waals surface area contributed by atoms with Crippen LogP contribution in [0.3, 0.4) is 0 Å². The molecule has 0 aliphatic heterocycles. The van der Waals surface area contributed by atoms with Gasteiger partial charge in [-0.2, -0.15) is 0 Å². The highest BCUT2D eigenvalue weighted by Gasteiger charge is 2.65. The molecule has 0 bridgehead atoms. The highest BCUT2D eigenvalue weighted by atomic mass is 16.3. The van der Waals surface area contributed by atoms with Gasteiger partial charge in [0.05, 0.1) is 17.5 Å². The van der Waals surface area contributed by atoms with Gasteiger partial charge in [-0.25, -0.2) is 0 Å². The number of rotatable bonds is 1. The summed E-state index contributed by atoms with van der Waals surface area (Å²) in [7, 11) is 0. The zero-order chi connectivity index (χ0) is 17.3. The number of hydrogen-bond donors (Lipinski definition) is 3. The van der Waals surface area contributed by atoms with Crippen molar-refractivity contribution in [2.45, 2.75) is 83.8 Å². The van der Waals surface area contributed by atoms with E-state index in [1.165, 1.54) is 12.8 Å². The van der Waals surface area contributed by atoms with Crippen LogP contribution in [0.5, 0.6) is 0 Å². The topological polar surface area (TPSA) is 60.7 Å². The molecule has 4 rings (SSSR count). The first-order valence-electron chi connectivity index (χ1n) is 10.0. The molecule has 0 radical (unpaired) electrons. The normalized spacial score (nSPS) is 55.1. The van der Waals surface area contributed by atoms with E-state index in [-0.39, 0.29) is 5.41 Å². The fourth-order valence-electron chi connectivity index (χ4n) is 7.60. The van der Waals surface area contributed by atoms with Crippen molar-refractivity contribution in [3.8, 4) is 0 Å². The minimum atomic E-state index is -0.912. The largest absolute Gasteiger partial charge is 0.513 e. The molecule has 3 fully saturated rings. The molecule has 0 aromatic rings. The molecule has 0 aromatic carbocycles. The summed E-state index contributed by atoms with van der Waals surface area (Å²) in [5.74, 6) is 3.13. The first kappa shape index (κ1) is 16.9. The molecule has 8 atom stereocenters. The van der Waals surface area contributed by atoms with E-state index in [1.807, 2.05) is 0 Å². The van der Waals surface area contributed by atoms with Gasteiger partial charge in [-0.3, -0.25) is 0 Å². The highest BCUT2D eigenvalue weighted by molar-refractivity contribution is 5.17. The number of allylic oxidation sites excluding steroid dienone is 2. The highest BCUT2D eigenvalue weighted by Crippen LogP contribution is 2.68. The summed E-state index contributed by atoms with van der Waals surface area (Å²) in [4.78, 5) is 0. The minimum absolute atomic E-state index is 0.141. The molecule has 4 aliphatic carbocycles. The number of fused-ring (bicyclic) bond motifs is 5. The average Bonchev–Trinajstić information content (AvgIpc) is 2.81. The van der Waals surface area contributed by atoms with E-state index in [0.717, 1.165) is 38.5 Å². The summed E-state index contributed by atoms with van der Waals surface area (Å²) in [6.07, 6.45) is 9.71. The number of aliphatic hydroxyl groups is 3. The van der Waals surface area contributed by atoms with E-state index in [9.17, 15) is 15.3 Å². The van der Waals surface area contributed by atoms with Gasteiger partial charge in [-0.05, 0) is 87.0 Å². The second kappa shape index (κ2) is 5.23. The Balaban J connectivity index is 1.66. The van der Waals surface area contributed by atoms with Crippen molar-refractivity contribution in [1.82, 2.24) is 0 Å². The van der Waals surface area contributed by atoms with Crippen LogP contribution in [-0.4, -0.2) is 27.0 Å². The van der Waals surface area contributed by atoms with Crippen LogP contribution in [0.2, 0.25) is 0 Å². The standard InChI is InChI=1S/C21H34O3/c1-13(22)21(24)11-8-18-16-5-4-14-12-15(23)6-9-19(14,2)17(16)7-10-20(18,21)3/h6,13-14,16-18,22-24H,4-5,7-12H2,1-3H3/t13-,14+,16+,17-,18-,19-,20-,21-/m0/s1. The van der Waals surface area contributed by atoms with E-state index in [2.05, 4.69) is 19.9 Å². The molecule has 3 heteroatoms. The minimum Gasteiger partial charge on any atom is -0.513 e. The summed E-state index contributed by atoms with van der Waals surface area (Å²) in [6, 6.07) is 0. The SMILES string of the molecule is C[C@H](O)[C@@]1(O)CC[C@H]2[C@@H]3CC[C@@H]4CC(O)=CC[C@]4(C)[C@H]3CC[C@@]21C. The fraction of sp³-hybridized carbons (Fsp3) is 0.905. The van der Waals surface area contributed by atoms with Crippen molar-refractivity contribution in [1.29, 1.82) is 0 Å². The molecule has 3 saturated carbocycles. The second-order valence-electron chi connectivity index (χ2n) is 9.86. The Morgan fingerprint density at radius 1 is 1.08 bits per heavy atom. The monoisotopic (exact) mass is 334 g/mol. The third-order valence-electron chi connectivity index (χ3n) is 9.20. The Labute approximate surface area is 146 Å². The third kappa shape index (κ3) is 1.97. The maximum Gasteiger partial charge on any atom is 0.0958 e. The summed E-state index contributed by atoms with van der Waals surface area (Å²) in [6.45, 7) is 6.47. The molecule has 136 valence electrons. The predicted octanol–water partition coefficient (Wildman–Crippen LogP) is 4.19. The van der Waals surface area contributed by atoms with Gasteiger partial charge in [-0.15, -0.1) is 0 Å². The predicted molar refractivity (Wildman–Crippen MR) is 94.5 cm³/mol. The lowest BCUT2D eigenvalue weighted by Crippen LogP contribution is -2.58. The van der Waals surface area contributed by atoms with E-state index in [4.69, 9.17) is 0 Å². The summed E-state index contributed by atoms with van der Waals surface area (Å²) >= 11 is 0. The molecule has 0 unspecified atom stereocenters. The van der Waals surface area contributed by atoms with E-state index in [0.29, 0.717) is 34.8 Å². The van der Waals surface area contributed by atoms with Gasteiger partial charge in [0.2, 0.25) is 0 Å². The molecule has 0 saturated heterocycles. The Hall–Kier alpha value is -0.540. The Morgan fingerprint density at radius 3 is 2.50 bits per heavy atom. The van der Waals surface area contributed by atoms with Crippen molar-refractivity contribution < 1.29 is 15.3 Å². The van der Waals surface area contributed by atoms with Crippen LogP contribution in [0, 0.1) is 34.5 Å². The van der Waals surface area contributed by atoms with E-state index >= 15 is 0 Å². The average molecular weight is 335 g/mol. The van der Waals surface area contributed by atoms with Crippen LogP contribution in [-0.2, 0) is 0 Å². The first-order chi connectivity index (χ1) is 11.2. The van der Waals surface area contributed by atoms with Crippen molar-refractivity contribution in [3.05, 3.63) is 11.8 Å². The summed E-state index contributed by atoms with van der Waals surface area (Å²) in [5.41, 5.74) is -0.745. The van der Waals surface area contributed by atoms with Gasteiger partial charge < -0.3 is 15.3 Å². The molecule has 0 amide bonds. The smallest absolute Gasteiger partial charge is 0.0958 e. The Morgan fingerprint density at radius 2 is 1.79 bits per heavy atom. The molecule has 0 spiro atoms. The molecule has 24 heavy (non-hydrogen) atoms. The lowest BCUT2D eigenvalue weighted by molar-refractivity contribution is -0.180. The Kier molecular flexibility index (Phi) is 3.69. The molecule has 0 aromatic heterocycles. The van der Waals surface area contributed by atoms with Crippen LogP contribution < -0.4 is 0 Å². The van der Waals surface area contributed by atoms with E-state index in [1.54, 1.807) is 6.92 Å². The van der Waals surface area contributed by atoms with Gasteiger partial charge in [0.15, 0.2) is 0 Å². The van der Waals surface area contributed by atoms with Crippen LogP contribution in [0.25, 0.3) is 0 Å². The molecule has 4 aliphatic rings. The van der Waals surface area contributed by atoms with Gasteiger partial charge in [0.1, 0.15) is 0 Å². The molecular formula is C21H34O3. The van der Waals surface area contributed by atoms with Crippen molar-refractivity contribution in [2.75, 3.05) is 0 Å². The van der Waals surface area contributed by atoms with Crippen molar-refractivity contribution >= 4 is 0 Å². The molecular weight excluding hydrogens is 300 g/mol. The van der Waals surface area contributed by atoms with Gasteiger partial charge >= 0.3 is 0 Å². The summed E-state index contributed by atoms with van der Waals surface area (Å²) in [5, 5.41) is 31.5. The maximum absolute atomic E-state index is 11.3. The molecule has 3 N–H and O–H groups in total. The quantitative estimate of drug-likeness (QED) is 0.674. The lowest BCUT2D eigenvalue weighted by Gasteiger charge is -2.61. The van der Waals surface area contributed by atoms with Crippen molar-refractivity contribution in [3.63, 3.8) is 0 Å². The fourth-order valence-corrected chi connectivity index (χ4v) is 7.60. The van der Waals surface area contributed by atoms with Crippen LogP contribution in [0.1, 0.15) is 72.1 Å².